The van der Waals surface area contributed by atoms with Crippen molar-refractivity contribution < 1.29 is 9.26 Å². The SMILES string of the molecule is COC(c1noc(-c2nc(N)n[nH]2)n1)C(C)C. The third-order valence-corrected chi connectivity index (χ3v) is 2.26. The van der Waals surface area contributed by atoms with E-state index in [1.807, 2.05) is 13.8 Å². The fraction of sp³-hybridized carbons (Fsp3) is 0.556. The van der Waals surface area contributed by atoms with Gasteiger partial charge >= 0.3 is 0 Å². The maximum absolute atomic E-state index is 5.39. The minimum absolute atomic E-state index is 0.131. The van der Waals surface area contributed by atoms with E-state index < -0.39 is 0 Å². The molecule has 0 aliphatic heterocycles. The molecule has 2 heterocycles. The van der Waals surface area contributed by atoms with E-state index in [-0.39, 0.29) is 23.9 Å². The van der Waals surface area contributed by atoms with Gasteiger partial charge in [-0.25, -0.2) is 0 Å². The van der Waals surface area contributed by atoms with Gasteiger partial charge in [-0.15, -0.1) is 5.10 Å². The number of nitrogens with one attached hydrogen (secondary N) is 1. The van der Waals surface area contributed by atoms with Crippen LogP contribution in [0.1, 0.15) is 25.8 Å². The number of hydrogen-bond donors (Lipinski definition) is 2. The third kappa shape index (κ3) is 2.26. The summed E-state index contributed by atoms with van der Waals surface area (Å²) in [5.74, 6) is 1.44. The van der Waals surface area contributed by atoms with E-state index in [0.717, 1.165) is 0 Å². The molecule has 2 rings (SSSR count). The Morgan fingerprint density at radius 2 is 2.12 bits per heavy atom. The van der Waals surface area contributed by atoms with Crippen molar-refractivity contribution in [3.63, 3.8) is 0 Å². The van der Waals surface area contributed by atoms with Gasteiger partial charge in [0.25, 0.3) is 5.89 Å². The number of H-pyrrole nitrogens is 1. The second-order valence-corrected chi connectivity index (χ2v) is 3.90. The minimum atomic E-state index is -0.215. The van der Waals surface area contributed by atoms with Crippen LogP contribution in [0.15, 0.2) is 4.52 Å². The Morgan fingerprint density at radius 3 is 2.65 bits per heavy atom. The molecule has 0 amide bonds. The zero-order valence-corrected chi connectivity index (χ0v) is 9.84. The lowest BCUT2D eigenvalue weighted by molar-refractivity contribution is 0.0556. The van der Waals surface area contributed by atoms with Crippen molar-refractivity contribution in [3.8, 4) is 11.7 Å². The Balaban J connectivity index is 2.26. The third-order valence-electron chi connectivity index (χ3n) is 2.26. The van der Waals surface area contributed by atoms with E-state index >= 15 is 0 Å². The molecule has 92 valence electrons. The van der Waals surface area contributed by atoms with Gasteiger partial charge in [0.1, 0.15) is 6.10 Å². The van der Waals surface area contributed by atoms with Crippen LogP contribution in [0.3, 0.4) is 0 Å². The monoisotopic (exact) mass is 238 g/mol. The number of methoxy groups -OCH3 is 1. The molecule has 0 radical (unpaired) electrons. The molecule has 0 saturated carbocycles. The van der Waals surface area contributed by atoms with Crippen molar-refractivity contribution in [2.75, 3.05) is 12.8 Å². The summed E-state index contributed by atoms with van der Waals surface area (Å²) in [4.78, 5) is 8.09. The van der Waals surface area contributed by atoms with Gasteiger partial charge in [-0.05, 0) is 5.92 Å². The number of aromatic nitrogens is 5. The summed E-state index contributed by atoms with van der Waals surface area (Å²) in [6.07, 6.45) is -0.215. The van der Waals surface area contributed by atoms with E-state index in [1.54, 1.807) is 7.11 Å². The van der Waals surface area contributed by atoms with Crippen molar-refractivity contribution in [2.45, 2.75) is 20.0 Å². The molecule has 2 aromatic heterocycles. The molecule has 0 aliphatic rings. The lowest BCUT2D eigenvalue weighted by Gasteiger charge is -2.14. The van der Waals surface area contributed by atoms with Gasteiger partial charge < -0.3 is 15.0 Å². The number of aromatic amines is 1. The summed E-state index contributed by atoms with van der Waals surface area (Å²) in [5, 5.41) is 10.1. The largest absolute Gasteiger partial charge is 0.373 e. The molecule has 3 N–H and O–H groups in total. The van der Waals surface area contributed by atoms with Crippen LogP contribution in [-0.4, -0.2) is 32.4 Å². The maximum atomic E-state index is 5.39. The topological polar surface area (TPSA) is 116 Å². The van der Waals surface area contributed by atoms with Crippen LogP contribution in [0.5, 0.6) is 0 Å². The number of rotatable bonds is 4. The second kappa shape index (κ2) is 4.50. The van der Waals surface area contributed by atoms with Gasteiger partial charge in [0.05, 0.1) is 0 Å². The van der Waals surface area contributed by atoms with Crippen molar-refractivity contribution in [1.82, 2.24) is 25.3 Å². The molecule has 0 spiro atoms. The predicted molar refractivity (Wildman–Crippen MR) is 58.7 cm³/mol. The first-order chi connectivity index (χ1) is 8.11. The zero-order valence-electron chi connectivity index (χ0n) is 9.84. The number of anilines is 1. The Kier molecular flexibility index (Phi) is 3.05. The van der Waals surface area contributed by atoms with Crippen molar-refractivity contribution in [1.29, 1.82) is 0 Å². The number of ether oxygens (including phenoxy) is 1. The van der Waals surface area contributed by atoms with Gasteiger partial charge in [-0.3, -0.25) is 5.10 Å². The summed E-state index contributed by atoms with van der Waals surface area (Å²) < 4.78 is 10.4. The van der Waals surface area contributed by atoms with Crippen LogP contribution in [0.2, 0.25) is 0 Å². The van der Waals surface area contributed by atoms with Crippen LogP contribution < -0.4 is 5.73 Å². The van der Waals surface area contributed by atoms with Gasteiger partial charge in [-0.2, -0.15) is 9.97 Å². The molecule has 0 bridgehead atoms. The summed E-state index contributed by atoms with van der Waals surface area (Å²) in [6, 6.07) is 0. The fourth-order valence-corrected chi connectivity index (χ4v) is 1.49. The summed E-state index contributed by atoms with van der Waals surface area (Å²) in [6.45, 7) is 4.02. The number of nitrogen functional groups attached to an aromatic ring is 1. The summed E-state index contributed by atoms with van der Waals surface area (Å²) in [7, 11) is 1.60. The smallest absolute Gasteiger partial charge is 0.295 e. The van der Waals surface area contributed by atoms with Gasteiger partial charge in [0.15, 0.2) is 0 Å². The average molecular weight is 238 g/mol. The predicted octanol–water partition coefficient (Wildman–Crippen LogP) is 0.780. The normalized spacial score (nSPS) is 13.2. The lowest BCUT2D eigenvalue weighted by Crippen LogP contribution is -2.10. The molecule has 0 aromatic carbocycles. The number of hydrogen-bond acceptors (Lipinski definition) is 7. The fourth-order valence-electron chi connectivity index (χ4n) is 1.49. The first-order valence-corrected chi connectivity index (χ1v) is 5.16. The molecule has 2 aromatic rings. The van der Waals surface area contributed by atoms with Crippen molar-refractivity contribution in [3.05, 3.63) is 5.82 Å². The highest BCUT2D eigenvalue weighted by molar-refractivity contribution is 5.41. The van der Waals surface area contributed by atoms with E-state index in [2.05, 4.69) is 25.3 Å². The van der Waals surface area contributed by atoms with Crippen LogP contribution in [0.25, 0.3) is 11.7 Å². The van der Waals surface area contributed by atoms with Crippen molar-refractivity contribution >= 4 is 5.95 Å². The quantitative estimate of drug-likeness (QED) is 0.808. The Morgan fingerprint density at radius 1 is 1.35 bits per heavy atom. The minimum Gasteiger partial charge on any atom is -0.373 e. The Labute approximate surface area is 97.6 Å². The number of nitrogens with zero attached hydrogens (tertiary/aromatic N) is 4. The Hall–Kier alpha value is -1.96. The highest BCUT2D eigenvalue weighted by Crippen LogP contribution is 2.24. The van der Waals surface area contributed by atoms with E-state index in [4.69, 9.17) is 15.0 Å². The molecule has 1 unspecified atom stereocenters. The molecule has 0 saturated heterocycles. The molecular weight excluding hydrogens is 224 g/mol. The molecule has 8 heteroatoms. The molecule has 0 fully saturated rings. The second-order valence-electron chi connectivity index (χ2n) is 3.90. The first kappa shape index (κ1) is 11.5. The molecule has 0 aliphatic carbocycles. The van der Waals surface area contributed by atoms with E-state index in [9.17, 15) is 0 Å². The molecule has 17 heavy (non-hydrogen) atoms. The highest BCUT2D eigenvalue weighted by atomic mass is 16.5. The first-order valence-electron chi connectivity index (χ1n) is 5.16. The maximum Gasteiger partial charge on any atom is 0.295 e. The molecule has 1 atom stereocenters. The lowest BCUT2D eigenvalue weighted by atomic mass is 10.1. The van der Waals surface area contributed by atoms with Crippen molar-refractivity contribution in [2.24, 2.45) is 5.92 Å². The summed E-state index contributed by atoms with van der Waals surface area (Å²) in [5.41, 5.74) is 5.39. The van der Waals surface area contributed by atoms with Crippen LogP contribution in [0.4, 0.5) is 5.95 Å². The van der Waals surface area contributed by atoms with E-state index in [1.165, 1.54) is 0 Å². The molecule has 8 nitrogen and oxygen atoms in total. The van der Waals surface area contributed by atoms with Crippen LogP contribution in [-0.2, 0) is 4.74 Å². The zero-order chi connectivity index (χ0) is 12.4. The van der Waals surface area contributed by atoms with Crippen LogP contribution >= 0.6 is 0 Å². The summed E-state index contributed by atoms with van der Waals surface area (Å²) >= 11 is 0. The van der Waals surface area contributed by atoms with Gasteiger partial charge in [0, 0.05) is 7.11 Å². The highest BCUT2D eigenvalue weighted by Gasteiger charge is 2.22. The standard InChI is InChI=1S/C9H14N6O2/c1-4(2)5(16-3)6-11-8(17-15-6)7-12-9(10)14-13-7/h4-5H,1-3H3,(H3,10,12,13,14). The Bertz CT molecular complexity index is 491. The van der Waals surface area contributed by atoms with Gasteiger partial charge in [0.2, 0.25) is 17.6 Å². The van der Waals surface area contributed by atoms with Crippen LogP contribution in [0, 0.1) is 5.92 Å². The van der Waals surface area contributed by atoms with E-state index in [0.29, 0.717) is 11.6 Å². The average Bonchev–Trinajstić information content (AvgIpc) is 2.87. The number of nitrogens with two attached hydrogens (primary N) is 1. The van der Waals surface area contributed by atoms with Gasteiger partial charge in [-0.1, -0.05) is 19.0 Å². The molecular formula is C9H14N6O2.